The molecule has 3 nitrogen and oxygen atoms in total. The number of fused-ring (bicyclic) bond motifs is 1. The molecular weight excluding hydrogens is 327 g/mol. The Morgan fingerprint density at radius 1 is 1.21 bits per heavy atom. The highest BCUT2D eigenvalue weighted by Gasteiger charge is 2.12. The Morgan fingerprint density at radius 3 is 2.71 bits per heavy atom. The molecule has 0 saturated carbocycles. The summed E-state index contributed by atoms with van der Waals surface area (Å²) in [6.45, 7) is 2.47. The molecule has 0 bridgehead atoms. The van der Waals surface area contributed by atoms with Crippen molar-refractivity contribution in [2.24, 2.45) is 0 Å². The summed E-state index contributed by atoms with van der Waals surface area (Å²) in [4.78, 5) is 15.5. The lowest BCUT2D eigenvalue weighted by atomic mass is 10.1. The van der Waals surface area contributed by atoms with Gasteiger partial charge in [-0.2, -0.15) is 0 Å². The van der Waals surface area contributed by atoms with Gasteiger partial charge in [-0.25, -0.2) is 4.39 Å². The van der Waals surface area contributed by atoms with Gasteiger partial charge >= 0.3 is 0 Å². The minimum atomic E-state index is -0.253. The van der Waals surface area contributed by atoms with Gasteiger partial charge in [-0.1, -0.05) is 23.7 Å². The molecule has 5 heteroatoms. The molecule has 3 aromatic rings. The molecule has 0 atom stereocenters. The second kappa shape index (κ2) is 7.05. The molecule has 3 rings (SSSR count). The van der Waals surface area contributed by atoms with Crippen LogP contribution in [0.4, 0.5) is 4.39 Å². The van der Waals surface area contributed by atoms with E-state index in [0.717, 1.165) is 27.7 Å². The van der Waals surface area contributed by atoms with Gasteiger partial charge in [0.1, 0.15) is 5.82 Å². The van der Waals surface area contributed by atoms with Crippen LogP contribution in [0.5, 0.6) is 0 Å². The molecule has 124 valence electrons. The Morgan fingerprint density at radius 2 is 1.96 bits per heavy atom. The fraction of sp³-hybridized carbons (Fsp3) is 0.211. The molecule has 0 aliphatic heterocycles. The Bertz CT molecular complexity index is 871. The third-order valence-corrected chi connectivity index (χ3v) is 4.30. The number of halogens is 2. The fourth-order valence-electron chi connectivity index (χ4n) is 2.80. The van der Waals surface area contributed by atoms with Gasteiger partial charge in [0.2, 0.25) is 5.91 Å². The second-order valence-corrected chi connectivity index (χ2v) is 6.26. The van der Waals surface area contributed by atoms with Crippen LogP contribution >= 0.6 is 11.6 Å². The van der Waals surface area contributed by atoms with Gasteiger partial charge in [-0.05, 0) is 54.8 Å². The smallest absolute Gasteiger partial charge is 0.224 e. The van der Waals surface area contributed by atoms with Crippen molar-refractivity contribution in [1.29, 1.82) is 0 Å². The minimum Gasteiger partial charge on any atom is -0.358 e. The maximum atomic E-state index is 12.9. The Kier molecular flexibility index (Phi) is 4.86. The fourth-order valence-corrected chi connectivity index (χ4v) is 2.97. The summed E-state index contributed by atoms with van der Waals surface area (Å²) in [5.41, 5.74) is 3.91. The monoisotopic (exact) mass is 344 g/mol. The number of aryl methyl sites for hydroxylation is 1. The zero-order valence-electron chi connectivity index (χ0n) is 13.3. The zero-order chi connectivity index (χ0) is 17.1. The highest BCUT2D eigenvalue weighted by atomic mass is 35.5. The first kappa shape index (κ1) is 16.5. The number of carbonyl (C=O) groups excluding carboxylic acids is 1. The summed E-state index contributed by atoms with van der Waals surface area (Å²) < 4.78 is 12.9. The molecule has 0 saturated heterocycles. The van der Waals surface area contributed by atoms with E-state index in [9.17, 15) is 9.18 Å². The van der Waals surface area contributed by atoms with Crippen molar-refractivity contribution in [3.63, 3.8) is 0 Å². The number of amides is 1. The number of hydrogen-bond acceptors (Lipinski definition) is 1. The van der Waals surface area contributed by atoms with Crippen molar-refractivity contribution in [3.05, 3.63) is 70.1 Å². The van der Waals surface area contributed by atoms with Crippen molar-refractivity contribution in [1.82, 2.24) is 10.3 Å². The summed E-state index contributed by atoms with van der Waals surface area (Å²) in [6.07, 6.45) is 0.973. The number of H-pyrrole nitrogens is 1. The van der Waals surface area contributed by atoms with E-state index < -0.39 is 0 Å². The van der Waals surface area contributed by atoms with Crippen molar-refractivity contribution < 1.29 is 9.18 Å². The van der Waals surface area contributed by atoms with Crippen LogP contribution in [0.15, 0.2) is 42.5 Å². The highest BCUT2D eigenvalue weighted by Crippen LogP contribution is 2.25. The molecule has 0 spiro atoms. The van der Waals surface area contributed by atoms with E-state index in [1.807, 2.05) is 25.1 Å². The lowest BCUT2D eigenvalue weighted by molar-refractivity contribution is -0.120. The van der Waals surface area contributed by atoms with Crippen molar-refractivity contribution >= 4 is 28.4 Å². The predicted molar refractivity (Wildman–Crippen MR) is 94.9 cm³/mol. The van der Waals surface area contributed by atoms with E-state index in [1.54, 1.807) is 12.1 Å². The first-order chi connectivity index (χ1) is 11.5. The van der Waals surface area contributed by atoms with Crippen LogP contribution in [0.25, 0.3) is 10.9 Å². The van der Waals surface area contributed by atoms with Crippen molar-refractivity contribution in [2.75, 3.05) is 6.54 Å². The molecule has 2 aromatic carbocycles. The molecule has 1 aromatic heterocycles. The van der Waals surface area contributed by atoms with Crippen LogP contribution in [0.1, 0.15) is 16.8 Å². The van der Waals surface area contributed by atoms with Gasteiger partial charge in [-0.3, -0.25) is 4.79 Å². The Labute approximate surface area is 144 Å². The van der Waals surface area contributed by atoms with Gasteiger partial charge < -0.3 is 10.3 Å². The van der Waals surface area contributed by atoms with Gasteiger partial charge in [0.25, 0.3) is 0 Å². The van der Waals surface area contributed by atoms with Gasteiger partial charge in [-0.15, -0.1) is 0 Å². The molecule has 0 aliphatic rings. The van der Waals surface area contributed by atoms with Crippen LogP contribution < -0.4 is 5.32 Å². The SMILES string of the molecule is Cc1[nH]c2ccc(Cl)cc2c1CC(=O)NCCc1ccc(F)cc1. The zero-order valence-corrected chi connectivity index (χ0v) is 14.1. The average Bonchev–Trinajstić information content (AvgIpc) is 2.85. The van der Waals surface area contributed by atoms with Crippen LogP contribution in [-0.2, 0) is 17.6 Å². The number of carbonyl (C=O) groups is 1. The lowest BCUT2D eigenvalue weighted by Gasteiger charge is -2.06. The summed E-state index contributed by atoms with van der Waals surface area (Å²) in [5, 5.41) is 4.54. The molecular formula is C19H18ClFN2O. The molecule has 2 N–H and O–H groups in total. The topological polar surface area (TPSA) is 44.9 Å². The van der Waals surface area contributed by atoms with E-state index in [1.165, 1.54) is 12.1 Å². The number of hydrogen-bond donors (Lipinski definition) is 2. The average molecular weight is 345 g/mol. The minimum absolute atomic E-state index is 0.0407. The van der Waals surface area contributed by atoms with E-state index in [4.69, 9.17) is 11.6 Å². The first-order valence-electron chi connectivity index (χ1n) is 7.81. The van der Waals surface area contributed by atoms with E-state index >= 15 is 0 Å². The number of aromatic amines is 1. The molecule has 0 radical (unpaired) electrons. The summed E-state index contributed by atoms with van der Waals surface area (Å²) >= 11 is 6.06. The normalized spacial score (nSPS) is 11.0. The van der Waals surface area contributed by atoms with Gasteiger partial charge in [0, 0.05) is 28.2 Å². The molecule has 1 heterocycles. The maximum Gasteiger partial charge on any atom is 0.224 e. The Hall–Kier alpha value is -2.33. The number of benzene rings is 2. The van der Waals surface area contributed by atoms with Crippen molar-refractivity contribution in [3.8, 4) is 0 Å². The standard InChI is InChI=1S/C19H18ClFN2O/c1-12-16(17-10-14(20)4-7-18(17)23-12)11-19(24)22-9-8-13-2-5-15(21)6-3-13/h2-7,10,23H,8-9,11H2,1H3,(H,22,24). The lowest BCUT2D eigenvalue weighted by Crippen LogP contribution is -2.27. The first-order valence-corrected chi connectivity index (χ1v) is 8.18. The van der Waals surface area contributed by atoms with Gasteiger partial charge in [0.05, 0.1) is 6.42 Å². The summed E-state index contributed by atoms with van der Waals surface area (Å²) in [6, 6.07) is 11.9. The molecule has 0 aliphatic carbocycles. The second-order valence-electron chi connectivity index (χ2n) is 5.82. The Balaban J connectivity index is 1.61. The highest BCUT2D eigenvalue weighted by molar-refractivity contribution is 6.31. The van der Waals surface area contributed by atoms with Crippen LogP contribution in [0.2, 0.25) is 5.02 Å². The van der Waals surface area contributed by atoms with Crippen molar-refractivity contribution in [2.45, 2.75) is 19.8 Å². The van der Waals surface area contributed by atoms with Crippen LogP contribution in [-0.4, -0.2) is 17.4 Å². The predicted octanol–water partition coefficient (Wildman–Crippen LogP) is 4.17. The number of nitrogens with one attached hydrogen (secondary N) is 2. The van der Waals surface area contributed by atoms with Gasteiger partial charge in [0.15, 0.2) is 0 Å². The molecule has 0 unspecified atom stereocenters. The third-order valence-electron chi connectivity index (χ3n) is 4.07. The number of aromatic nitrogens is 1. The maximum absolute atomic E-state index is 12.9. The molecule has 0 fully saturated rings. The molecule has 24 heavy (non-hydrogen) atoms. The molecule has 1 amide bonds. The van der Waals surface area contributed by atoms with Crippen LogP contribution in [0.3, 0.4) is 0 Å². The summed E-state index contributed by atoms with van der Waals surface area (Å²) in [7, 11) is 0. The quantitative estimate of drug-likeness (QED) is 0.717. The third kappa shape index (κ3) is 3.77. The largest absolute Gasteiger partial charge is 0.358 e. The van der Waals surface area contributed by atoms with Crippen LogP contribution in [0, 0.1) is 12.7 Å². The van der Waals surface area contributed by atoms with E-state index in [0.29, 0.717) is 24.4 Å². The van der Waals surface area contributed by atoms with E-state index in [-0.39, 0.29) is 11.7 Å². The number of rotatable bonds is 5. The van der Waals surface area contributed by atoms with E-state index in [2.05, 4.69) is 10.3 Å². The summed E-state index contributed by atoms with van der Waals surface area (Å²) in [5.74, 6) is -0.294.